The van der Waals surface area contributed by atoms with E-state index in [-0.39, 0.29) is 23.5 Å². The highest BCUT2D eigenvalue weighted by atomic mass is 16.4. The van der Waals surface area contributed by atoms with E-state index in [0.29, 0.717) is 6.54 Å². The highest BCUT2D eigenvalue weighted by Gasteiger charge is 2.25. The zero-order chi connectivity index (χ0) is 16.8. The van der Waals surface area contributed by atoms with Crippen LogP contribution in [0.1, 0.15) is 46.9 Å². The summed E-state index contributed by atoms with van der Waals surface area (Å²) in [6, 6.07) is 12.8. The molecule has 0 bridgehead atoms. The first-order valence-electron chi connectivity index (χ1n) is 7.74. The number of likely N-dealkylation sites (N-methyl/N-ethyl adjacent to an activating group) is 1. The van der Waals surface area contributed by atoms with Crippen molar-refractivity contribution in [1.29, 1.82) is 0 Å². The van der Waals surface area contributed by atoms with E-state index in [0.717, 1.165) is 18.4 Å². The number of carboxylic acid groups (broad SMARTS) is 1. The molecule has 0 saturated heterocycles. The van der Waals surface area contributed by atoms with Gasteiger partial charge in [0, 0.05) is 12.6 Å². The number of benzene rings is 1. The molecule has 1 aromatic carbocycles. The fourth-order valence-electron chi connectivity index (χ4n) is 2.64. The first-order chi connectivity index (χ1) is 11.1. The standard InChI is InChI=1S/C18H21NO4/c1-3-14(12-13-8-6-5-7-9-13)19(4-2)17(20)15-10-11-16(23-15)18(21)22/h5-11,14H,3-4,12H2,1-2H3,(H,21,22). The predicted octanol–water partition coefficient (Wildman–Crippen LogP) is 3.46. The van der Waals surface area contributed by atoms with Gasteiger partial charge in [-0.25, -0.2) is 4.79 Å². The maximum atomic E-state index is 12.6. The average Bonchev–Trinajstić information content (AvgIpc) is 3.05. The summed E-state index contributed by atoms with van der Waals surface area (Å²) in [5, 5.41) is 8.91. The minimum Gasteiger partial charge on any atom is -0.475 e. The SMILES string of the molecule is CCC(Cc1ccccc1)N(CC)C(=O)c1ccc(C(=O)O)o1. The Kier molecular flexibility index (Phi) is 5.57. The Bertz CT molecular complexity index is 663. The molecule has 0 aliphatic carbocycles. The Balaban J connectivity index is 2.18. The van der Waals surface area contributed by atoms with Crippen LogP contribution in [0.15, 0.2) is 46.9 Å². The van der Waals surface area contributed by atoms with E-state index in [1.807, 2.05) is 44.2 Å². The number of furan rings is 1. The van der Waals surface area contributed by atoms with Crippen molar-refractivity contribution in [3.63, 3.8) is 0 Å². The Hall–Kier alpha value is -2.56. The first kappa shape index (κ1) is 16.8. The highest BCUT2D eigenvalue weighted by Crippen LogP contribution is 2.17. The van der Waals surface area contributed by atoms with Crippen molar-refractivity contribution in [1.82, 2.24) is 4.90 Å². The van der Waals surface area contributed by atoms with Crippen molar-refractivity contribution >= 4 is 11.9 Å². The Morgan fingerprint density at radius 1 is 1.09 bits per heavy atom. The van der Waals surface area contributed by atoms with Gasteiger partial charge in [-0.1, -0.05) is 37.3 Å². The molecule has 0 aliphatic heterocycles. The molecule has 1 unspecified atom stereocenters. The maximum absolute atomic E-state index is 12.6. The van der Waals surface area contributed by atoms with Crippen molar-refractivity contribution < 1.29 is 19.1 Å². The van der Waals surface area contributed by atoms with Crippen LogP contribution in [-0.2, 0) is 6.42 Å². The van der Waals surface area contributed by atoms with Gasteiger partial charge in [0.2, 0.25) is 5.76 Å². The van der Waals surface area contributed by atoms with E-state index < -0.39 is 5.97 Å². The largest absolute Gasteiger partial charge is 0.475 e. The van der Waals surface area contributed by atoms with Gasteiger partial charge in [0.25, 0.3) is 5.91 Å². The lowest BCUT2D eigenvalue weighted by Crippen LogP contribution is -2.41. The minimum absolute atomic E-state index is 0.0354. The summed E-state index contributed by atoms with van der Waals surface area (Å²) in [6.07, 6.45) is 1.56. The molecular formula is C18H21NO4. The van der Waals surface area contributed by atoms with Gasteiger partial charge in [0.1, 0.15) is 0 Å². The maximum Gasteiger partial charge on any atom is 0.371 e. The number of carboxylic acids is 1. The molecule has 2 rings (SSSR count). The van der Waals surface area contributed by atoms with Crippen LogP contribution in [-0.4, -0.2) is 34.5 Å². The number of aromatic carboxylic acids is 1. The molecule has 5 heteroatoms. The highest BCUT2D eigenvalue weighted by molar-refractivity contribution is 5.93. The summed E-state index contributed by atoms with van der Waals surface area (Å²) in [4.78, 5) is 25.3. The van der Waals surface area contributed by atoms with Crippen LogP contribution in [0.2, 0.25) is 0 Å². The van der Waals surface area contributed by atoms with Gasteiger partial charge in [-0.05, 0) is 37.5 Å². The third-order valence-electron chi connectivity index (χ3n) is 3.86. The van der Waals surface area contributed by atoms with Gasteiger partial charge in [-0.3, -0.25) is 4.79 Å². The van der Waals surface area contributed by atoms with Crippen LogP contribution in [0, 0.1) is 0 Å². The predicted molar refractivity (Wildman–Crippen MR) is 86.6 cm³/mol. The van der Waals surface area contributed by atoms with Crippen molar-refractivity contribution in [3.05, 3.63) is 59.5 Å². The summed E-state index contributed by atoms with van der Waals surface area (Å²) >= 11 is 0. The van der Waals surface area contributed by atoms with E-state index >= 15 is 0 Å². The number of amides is 1. The van der Waals surface area contributed by atoms with Gasteiger partial charge in [0.15, 0.2) is 5.76 Å². The van der Waals surface area contributed by atoms with E-state index in [9.17, 15) is 9.59 Å². The smallest absolute Gasteiger partial charge is 0.371 e. The van der Waals surface area contributed by atoms with Crippen LogP contribution in [0.5, 0.6) is 0 Å². The molecule has 122 valence electrons. The lowest BCUT2D eigenvalue weighted by atomic mass is 10.0. The van der Waals surface area contributed by atoms with Crippen LogP contribution in [0.4, 0.5) is 0 Å². The van der Waals surface area contributed by atoms with Crippen LogP contribution >= 0.6 is 0 Å². The Morgan fingerprint density at radius 3 is 2.26 bits per heavy atom. The van der Waals surface area contributed by atoms with E-state index in [1.54, 1.807) is 4.90 Å². The molecule has 0 saturated carbocycles. The summed E-state index contributed by atoms with van der Waals surface area (Å²) in [7, 11) is 0. The number of hydrogen-bond donors (Lipinski definition) is 1. The van der Waals surface area contributed by atoms with Crippen molar-refractivity contribution in [2.24, 2.45) is 0 Å². The molecule has 0 radical (unpaired) electrons. The van der Waals surface area contributed by atoms with Crippen molar-refractivity contribution in [3.8, 4) is 0 Å². The van der Waals surface area contributed by atoms with E-state index in [1.165, 1.54) is 12.1 Å². The monoisotopic (exact) mass is 315 g/mol. The molecule has 5 nitrogen and oxygen atoms in total. The van der Waals surface area contributed by atoms with Crippen molar-refractivity contribution in [2.45, 2.75) is 32.7 Å². The van der Waals surface area contributed by atoms with Crippen LogP contribution < -0.4 is 0 Å². The molecule has 1 N–H and O–H groups in total. The molecule has 1 atom stereocenters. The zero-order valence-electron chi connectivity index (χ0n) is 13.4. The van der Waals surface area contributed by atoms with Crippen LogP contribution in [0.25, 0.3) is 0 Å². The van der Waals surface area contributed by atoms with Gasteiger partial charge in [0.05, 0.1) is 0 Å². The third kappa shape index (κ3) is 4.00. The molecule has 23 heavy (non-hydrogen) atoms. The second kappa shape index (κ2) is 7.63. The minimum atomic E-state index is -1.18. The van der Waals surface area contributed by atoms with Gasteiger partial charge in [-0.15, -0.1) is 0 Å². The second-order valence-electron chi connectivity index (χ2n) is 5.31. The third-order valence-corrected chi connectivity index (χ3v) is 3.86. The topological polar surface area (TPSA) is 70.8 Å². The quantitative estimate of drug-likeness (QED) is 0.849. The second-order valence-corrected chi connectivity index (χ2v) is 5.31. The first-order valence-corrected chi connectivity index (χ1v) is 7.74. The number of carbonyl (C=O) groups excluding carboxylic acids is 1. The molecule has 0 spiro atoms. The van der Waals surface area contributed by atoms with E-state index in [4.69, 9.17) is 9.52 Å². The Morgan fingerprint density at radius 2 is 1.74 bits per heavy atom. The molecular weight excluding hydrogens is 294 g/mol. The lowest BCUT2D eigenvalue weighted by Gasteiger charge is -2.29. The number of nitrogens with zero attached hydrogens (tertiary/aromatic N) is 1. The normalized spacial score (nSPS) is 11.9. The molecule has 2 aromatic rings. The summed E-state index contributed by atoms with van der Waals surface area (Å²) in [5.41, 5.74) is 1.16. The van der Waals surface area contributed by atoms with Gasteiger partial charge in [-0.2, -0.15) is 0 Å². The van der Waals surface area contributed by atoms with E-state index in [2.05, 4.69) is 0 Å². The molecule has 1 amide bonds. The summed E-state index contributed by atoms with van der Waals surface area (Å²) < 4.78 is 5.14. The molecule has 0 fully saturated rings. The fraction of sp³-hybridized carbons (Fsp3) is 0.333. The summed E-state index contributed by atoms with van der Waals surface area (Å²) in [5.74, 6) is -1.61. The lowest BCUT2D eigenvalue weighted by molar-refractivity contribution is 0.0625. The zero-order valence-corrected chi connectivity index (χ0v) is 13.4. The van der Waals surface area contributed by atoms with Gasteiger partial charge < -0.3 is 14.4 Å². The fourth-order valence-corrected chi connectivity index (χ4v) is 2.64. The number of rotatable bonds is 7. The Labute approximate surface area is 135 Å². The number of hydrogen-bond acceptors (Lipinski definition) is 3. The molecule has 0 aliphatic rings. The van der Waals surface area contributed by atoms with Gasteiger partial charge >= 0.3 is 5.97 Å². The number of carbonyl (C=O) groups is 2. The average molecular weight is 315 g/mol. The van der Waals surface area contributed by atoms with Crippen molar-refractivity contribution in [2.75, 3.05) is 6.54 Å². The van der Waals surface area contributed by atoms with Crippen LogP contribution in [0.3, 0.4) is 0 Å². The molecule has 1 aromatic heterocycles. The summed E-state index contributed by atoms with van der Waals surface area (Å²) in [6.45, 7) is 4.48. The molecule has 1 heterocycles.